The van der Waals surface area contributed by atoms with E-state index in [0.717, 1.165) is 25.1 Å². The van der Waals surface area contributed by atoms with E-state index in [1.54, 1.807) is 0 Å². The number of hydrogen-bond acceptors (Lipinski definition) is 2. The van der Waals surface area contributed by atoms with Crippen LogP contribution < -0.4 is 5.32 Å². The second kappa shape index (κ2) is 6.55. The van der Waals surface area contributed by atoms with Crippen molar-refractivity contribution in [3.05, 3.63) is 35.4 Å². The third-order valence-corrected chi connectivity index (χ3v) is 3.54. The maximum absolute atomic E-state index is 11.9. The number of carbonyl (C=O) groups is 1. The van der Waals surface area contributed by atoms with Gasteiger partial charge in [-0.1, -0.05) is 19.1 Å². The maximum atomic E-state index is 11.9. The zero-order chi connectivity index (χ0) is 12.8. The number of nitrogens with zero attached hydrogens (tertiary/aromatic N) is 1. The smallest absolute Gasteiger partial charge is 0.251 e. The molecular formula is C15H22N2O. The average molecular weight is 246 g/mol. The monoisotopic (exact) mass is 246 g/mol. The molecule has 2 rings (SSSR count). The second-order valence-electron chi connectivity index (χ2n) is 4.86. The Morgan fingerprint density at radius 3 is 2.50 bits per heavy atom. The molecular weight excluding hydrogens is 224 g/mol. The van der Waals surface area contributed by atoms with Gasteiger partial charge in [-0.25, -0.2) is 0 Å². The zero-order valence-corrected chi connectivity index (χ0v) is 11.1. The van der Waals surface area contributed by atoms with Gasteiger partial charge in [-0.15, -0.1) is 0 Å². The molecule has 1 aliphatic heterocycles. The minimum Gasteiger partial charge on any atom is -0.351 e. The van der Waals surface area contributed by atoms with E-state index < -0.39 is 0 Å². The van der Waals surface area contributed by atoms with Gasteiger partial charge in [-0.3, -0.25) is 4.79 Å². The first-order valence-electron chi connectivity index (χ1n) is 6.89. The van der Waals surface area contributed by atoms with Gasteiger partial charge >= 0.3 is 0 Å². The van der Waals surface area contributed by atoms with Gasteiger partial charge in [0.25, 0.3) is 5.91 Å². The van der Waals surface area contributed by atoms with Crippen molar-refractivity contribution >= 4 is 5.91 Å². The topological polar surface area (TPSA) is 32.3 Å². The summed E-state index contributed by atoms with van der Waals surface area (Å²) in [5.74, 6) is 0.0388. The summed E-state index contributed by atoms with van der Waals surface area (Å²) >= 11 is 0. The molecule has 0 bridgehead atoms. The van der Waals surface area contributed by atoms with E-state index in [1.165, 1.54) is 31.5 Å². The number of carbonyl (C=O) groups excluding carboxylic acids is 1. The number of nitrogens with one attached hydrogen (secondary N) is 1. The van der Waals surface area contributed by atoms with Gasteiger partial charge in [0, 0.05) is 18.7 Å². The number of hydrogen-bond donors (Lipinski definition) is 1. The molecule has 1 aliphatic rings. The Balaban J connectivity index is 1.76. The van der Waals surface area contributed by atoms with Crippen LogP contribution in [-0.4, -0.2) is 37.0 Å². The van der Waals surface area contributed by atoms with Crippen molar-refractivity contribution in [3.8, 4) is 0 Å². The minimum absolute atomic E-state index is 0.0388. The molecule has 3 heteroatoms. The van der Waals surface area contributed by atoms with Gasteiger partial charge in [0.2, 0.25) is 0 Å². The first-order chi connectivity index (χ1) is 8.79. The highest BCUT2D eigenvalue weighted by molar-refractivity contribution is 5.94. The molecule has 1 heterocycles. The highest BCUT2D eigenvalue weighted by Crippen LogP contribution is 2.06. The Labute approximate surface area is 109 Å². The zero-order valence-electron chi connectivity index (χ0n) is 11.1. The molecule has 0 radical (unpaired) electrons. The lowest BCUT2D eigenvalue weighted by Gasteiger charge is -2.14. The molecule has 1 amide bonds. The van der Waals surface area contributed by atoms with Crippen LogP contribution in [0.4, 0.5) is 0 Å². The summed E-state index contributed by atoms with van der Waals surface area (Å²) in [6, 6.07) is 7.86. The molecule has 98 valence electrons. The Hall–Kier alpha value is -1.35. The van der Waals surface area contributed by atoms with E-state index in [4.69, 9.17) is 0 Å². The Bertz CT molecular complexity index is 380. The first kappa shape index (κ1) is 13.1. The van der Waals surface area contributed by atoms with Crippen LogP contribution in [0, 0.1) is 0 Å². The molecule has 0 unspecified atom stereocenters. The number of likely N-dealkylation sites (tertiary alicyclic amines) is 1. The molecule has 0 saturated carbocycles. The lowest BCUT2D eigenvalue weighted by molar-refractivity contribution is 0.0950. The van der Waals surface area contributed by atoms with Crippen LogP contribution >= 0.6 is 0 Å². The van der Waals surface area contributed by atoms with Crippen molar-refractivity contribution in [2.75, 3.05) is 26.2 Å². The molecule has 1 aromatic rings. The van der Waals surface area contributed by atoms with Gasteiger partial charge in [0.05, 0.1) is 0 Å². The first-order valence-corrected chi connectivity index (χ1v) is 6.89. The van der Waals surface area contributed by atoms with Crippen LogP contribution in [0.3, 0.4) is 0 Å². The molecule has 0 aromatic heterocycles. The number of benzene rings is 1. The average Bonchev–Trinajstić information content (AvgIpc) is 2.92. The van der Waals surface area contributed by atoms with Crippen molar-refractivity contribution in [2.45, 2.75) is 26.2 Å². The molecule has 0 atom stereocenters. The number of rotatable bonds is 5. The second-order valence-corrected chi connectivity index (χ2v) is 4.86. The van der Waals surface area contributed by atoms with E-state index in [2.05, 4.69) is 17.1 Å². The van der Waals surface area contributed by atoms with E-state index in [9.17, 15) is 4.79 Å². The molecule has 18 heavy (non-hydrogen) atoms. The summed E-state index contributed by atoms with van der Waals surface area (Å²) in [5.41, 5.74) is 2.03. The fourth-order valence-electron chi connectivity index (χ4n) is 2.33. The van der Waals surface area contributed by atoms with Gasteiger partial charge in [0.1, 0.15) is 0 Å². The molecule has 1 N–H and O–H groups in total. The van der Waals surface area contributed by atoms with Crippen molar-refractivity contribution in [3.63, 3.8) is 0 Å². The maximum Gasteiger partial charge on any atom is 0.251 e. The van der Waals surface area contributed by atoms with Gasteiger partial charge in [-0.05, 0) is 50.0 Å². The normalized spacial score (nSPS) is 15.8. The van der Waals surface area contributed by atoms with E-state index in [1.807, 2.05) is 24.3 Å². The lowest BCUT2D eigenvalue weighted by atomic mass is 10.1. The summed E-state index contributed by atoms with van der Waals surface area (Å²) < 4.78 is 0. The SMILES string of the molecule is CCc1ccc(C(=O)NCCN2CCCC2)cc1. The number of aryl methyl sites for hydroxylation is 1. The third-order valence-electron chi connectivity index (χ3n) is 3.54. The van der Waals surface area contributed by atoms with E-state index >= 15 is 0 Å². The van der Waals surface area contributed by atoms with E-state index in [0.29, 0.717) is 0 Å². The van der Waals surface area contributed by atoms with Crippen LogP contribution in [-0.2, 0) is 6.42 Å². The fraction of sp³-hybridized carbons (Fsp3) is 0.533. The van der Waals surface area contributed by atoms with Crippen LogP contribution in [0.25, 0.3) is 0 Å². The highest BCUT2D eigenvalue weighted by atomic mass is 16.1. The van der Waals surface area contributed by atoms with Crippen molar-refractivity contribution in [1.82, 2.24) is 10.2 Å². The summed E-state index contributed by atoms with van der Waals surface area (Å²) in [7, 11) is 0. The van der Waals surface area contributed by atoms with E-state index in [-0.39, 0.29) is 5.91 Å². The molecule has 3 nitrogen and oxygen atoms in total. The molecule has 0 aliphatic carbocycles. The predicted octanol–water partition coefficient (Wildman–Crippen LogP) is 2.07. The quantitative estimate of drug-likeness (QED) is 0.862. The number of amides is 1. The minimum atomic E-state index is 0.0388. The molecule has 0 spiro atoms. The largest absolute Gasteiger partial charge is 0.351 e. The van der Waals surface area contributed by atoms with Crippen molar-refractivity contribution in [1.29, 1.82) is 0 Å². The lowest BCUT2D eigenvalue weighted by Crippen LogP contribution is -2.33. The Morgan fingerprint density at radius 2 is 1.89 bits per heavy atom. The van der Waals surface area contributed by atoms with Gasteiger partial charge in [-0.2, -0.15) is 0 Å². The van der Waals surface area contributed by atoms with Crippen LogP contribution in [0.1, 0.15) is 35.7 Å². The predicted molar refractivity (Wildman–Crippen MR) is 73.8 cm³/mol. The molecule has 1 saturated heterocycles. The van der Waals surface area contributed by atoms with Crippen molar-refractivity contribution in [2.24, 2.45) is 0 Å². The fourth-order valence-corrected chi connectivity index (χ4v) is 2.33. The highest BCUT2D eigenvalue weighted by Gasteiger charge is 2.11. The van der Waals surface area contributed by atoms with Crippen molar-refractivity contribution < 1.29 is 4.79 Å². The van der Waals surface area contributed by atoms with Crippen LogP contribution in [0.15, 0.2) is 24.3 Å². The molecule has 1 aromatic carbocycles. The summed E-state index contributed by atoms with van der Waals surface area (Å²) in [6.07, 6.45) is 3.61. The Kier molecular flexibility index (Phi) is 4.76. The summed E-state index contributed by atoms with van der Waals surface area (Å²) in [6.45, 7) is 6.19. The molecule has 1 fully saturated rings. The standard InChI is InChI=1S/C15H22N2O/c1-2-13-5-7-14(8-6-13)15(18)16-9-12-17-10-3-4-11-17/h5-8H,2-4,9-12H2,1H3,(H,16,18). The Morgan fingerprint density at radius 1 is 1.22 bits per heavy atom. The summed E-state index contributed by atoms with van der Waals surface area (Å²) in [5, 5.41) is 2.98. The third kappa shape index (κ3) is 3.57. The van der Waals surface area contributed by atoms with Crippen LogP contribution in [0.2, 0.25) is 0 Å². The summed E-state index contributed by atoms with van der Waals surface area (Å²) in [4.78, 5) is 14.3. The van der Waals surface area contributed by atoms with Gasteiger partial charge in [0.15, 0.2) is 0 Å². The van der Waals surface area contributed by atoms with Gasteiger partial charge < -0.3 is 10.2 Å². The van der Waals surface area contributed by atoms with Crippen LogP contribution in [0.5, 0.6) is 0 Å².